The number of nitrogens with one attached hydrogen (secondary N) is 2. The van der Waals surface area contributed by atoms with Crippen LogP contribution in [0.4, 0.5) is 8.78 Å². The first-order valence-electron chi connectivity index (χ1n) is 10.3. The summed E-state index contributed by atoms with van der Waals surface area (Å²) in [6.45, 7) is 8.34. The highest BCUT2D eigenvalue weighted by atomic mass is 127. The van der Waals surface area contributed by atoms with Crippen molar-refractivity contribution in [1.29, 1.82) is 0 Å². The van der Waals surface area contributed by atoms with Gasteiger partial charge < -0.3 is 10.6 Å². The second kappa shape index (κ2) is 12.6. The zero-order valence-corrected chi connectivity index (χ0v) is 20.7. The van der Waals surface area contributed by atoms with E-state index in [2.05, 4.69) is 46.2 Å². The number of piperidine rings is 1. The molecular weight excluding hydrogens is 517 g/mol. The van der Waals surface area contributed by atoms with Gasteiger partial charge in [-0.05, 0) is 59.9 Å². The highest BCUT2D eigenvalue weighted by Gasteiger charge is 2.20. The molecule has 0 aliphatic carbocycles. The predicted molar refractivity (Wildman–Crippen MR) is 132 cm³/mol. The Kier molecular flexibility index (Phi) is 10.5. The summed E-state index contributed by atoms with van der Waals surface area (Å²) in [6.07, 6.45) is 1.99. The van der Waals surface area contributed by atoms with Crippen molar-refractivity contribution >= 4 is 41.3 Å². The lowest BCUT2D eigenvalue weighted by Crippen LogP contribution is -2.48. The SMILES string of the molecule is CCNC(=NCC(C)c1ccsc1)NC1CCN(Cc2ccc(F)c(F)c2)CC1.I. The quantitative estimate of drug-likeness (QED) is 0.292. The maximum atomic E-state index is 13.4. The Morgan fingerprint density at radius 3 is 2.63 bits per heavy atom. The van der Waals surface area contributed by atoms with E-state index in [1.165, 1.54) is 17.7 Å². The molecule has 1 unspecified atom stereocenters. The van der Waals surface area contributed by atoms with Crippen molar-refractivity contribution in [3.8, 4) is 0 Å². The third-order valence-electron chi connectivity index (χ3n) is 5.30. The van der Waals surface area contributed by atoms with Crippen molar-refractivity contribution in [2.75, 3.05) is 26.2 Å². The van der Waals surface area contributed by atoms with E-state index in [1.807, 2.05) is 0 Å². The van der Waals surface area contributed by atoms with E-state index < -0.39 is 11.6 Å². The summed E-state index contributed by atoms with van der Waals surface area (Å²) in [5.41, 5.74) is 2.15. The van der Waals surface area contributed by atoms with E-state index in [1.54, 1.807) is 17.4 Å². The molecule has 8 heteroatoms. The number of likely N-dealkylation sites (tertiary alicyclic amines) is 1. The zero-order valence-electron chi connectivity index (χ0n) is 17.5. The number of hydrogen-bond acceptors (Lipinski definition) is 3. The number of aliphatic imine (C=N–C) groups is 1. The van der Waals surface area contributed by atoms with Crippen molar-refractivity contribution in [2.24, 2.45) is 4.99 Å². The van der Waals surface area contributed by atoms with E-state index in [-0.39, 0.29) is 24.0 Å². The molecule has 0 amide bonds. The maximum Gasteiger partial charge on any atom is 0.191 e. The van der Waals surface area contributed by atoms with Crippen LogP contribution in [0.15, 0.2) is 40.0 Å². The van der Waals surface area contributed by atoms with Crippen LogP contribution in [0.1, 0.15) is 43.7 Å². The highest BCUT2D eigenvalue weighted by molar-refractivity contribution is 14.0. The van der Waals surface area contributed by atoms with Gasteiger partial charge in [0.25, 0.3) is 0 Å². The summed E-state index contributed by atoms with van der Waals surface area (Å²) in [5, 5.41) is 11.2. The molecule has 1 aliphatic heterocycles. The average Bonchev–Trinajstić information content (AvgIpc) is 3.25. The Balaban J connectivity index is 0.00000320. The topological polar surface area (TPSA) is 39.7 Å². The summed E-state index contributed by atoms with van der Waals surface area (Å²) in [7, 11) is 0. The minimum atomic E-state index is -0.791. The molecule has 0 saturated carbocycles. The normalized spacial score (nSPS) is 16.7. The maximum absolute atomic E-state index is 13.4. The van der Waals surface area contributed by atoms with Crippen molar-refractivity contribution < 1.29 is 8.78 Å². The second-order valence-electron chi connectivity index (χ2n) is 7.62. The first kappa shape index (κ1) is 25.0. The summed E-state index contributed by atoms with van der Waals surface area (Å²) in [5.74, 6) is -0.300. The van der Waals surface area contributed by atoms with Gasteiger partial charge >= 0.3 is 0 Å². The molecule has 2 N–H and O–H groups in total. The molecule has 1 aliphatic rings. The Morgan fingerprint density at radius 2 is 2.00 bits per heavy atom. The lowest BCUT2D eigenvalue weighted by Gasteiger charge is -2.33. The molecule has 1 aromatic heterocycles. The van der Waals surface area contributed by atoms with Crippen LogP contribution >= 0.6 is 35.3 Å². The minimum Gasteiger partial charge on any atom is -0.357 e. The molecule has 1 aromatic carbocycles. The van der Waals surface area contributed by atoms with E-state index in [4.69, 9.17) is 4.99 Å². The van der Waals surface area contributed by atoms with Crippen LogP contribution in [-0.4, -0.2) is 43.1 Å². The summed E-state index contributed by atoms with van der Waals surface area (Å²) < 4.78 is 26.5. The predicted octanol–water partition coefficient (Wildman–Crippen LogP) is 4.97. The molecule has 2 heterocycles. The van der Waals surface area contributed by atoms with Gasteiger partial charge in [-0.3, -0.25) is 9.89 Å². The lowest BCUT2D eigenvalue weighted by molar-refractivity contribution is 0.198. The molecule has 1 atom stereocenters. The average molecular weight is 548 g/mol. The fraction of sp³-hybridized carbons (Fsp3) is 0.500. The lowest BCUT2D eigenvalue weighted by atomic mass is 10.0. The number of rotatable bonds is 7. The third kappa shape index (κ3) is 7.46. The Bertz CT molecular complexity index is 792. The van der Waals surface area contributed by atoms with Crippen LogP contribution in [0.2, 0.25) is 0 Å². The number of halogens is 3. The summed E-state index contributed by atoms with van der Waals surface area (Å²) in [6, 6.07) is 6.69. The molecule has 166 valence electrons. The van der Waals surface area contributed by atoms with Gasteiger partial charge in [0.15, 0.2) is 17.6 Å². The largest absolute Gasteiger partial charge is 0.357 e. The van der Waals surface area contributed by atoms with Crippen molar-refractivity contribution in [2.45, 2.75) is 45.2 Å². The van der Waals surface area contributed by atoms with Crippen molar-refractivity contribution in [3.63, 3.8) is 0 Å². The van der Waals surface area contributed by atoms with Crippen LogP contribution in [0.5, 0.6) is 0 Å². The van der Waals surface area contributed by atoms with Gasteiger partial charge in [-0.1, -0.05) is 13.0 Å². The van der Waals surface area contributed by atoms with Gasteiger partial charge in [0.1, 0.15) is 0 Å². The second-order valence-corrected chi connectivity index (χ2v) is 8.40. The Labute approximate surface area is 199 Å². The zero-order chi connectivity index (χ0) is 20.6. The van der Waals surface area contributed by atoms with Crippen LogP contribution < -0.4 is 10.6 Å². The van der Waals surface area contributed by atoms with Crippen LogP contribution in [0, 0.1) is 11.6 Å². The van der Waals surface area contributed by atoms with Gasteiger partial charge in [0.05, 0.1) is 0 Å². The number of guanidine groups is 1. The fourth-order valence-electron chi connectivity index (χ4n) is 3.53. The molecule has 1 saturated heterocycles. The molecule has 1 fully saturated rings. The molecule has 4 nitrogen and oxygen atoms in total. The molecular formula is C22H31F2IN4S. The standard InChI is InChI=1S/C22H30F2N4S.HI/c1-3-25-22(26-13-16(2)18-8-11-29-15-18)27-19-6-9-28(10-7-19)14-17-4-5-20(23)21(24)12-17;/h4-5,8,11-12,15-16,19H,3,6-7,9-10,13-14H2,1-2H3,(H2,25,26,27);1H. The van der Waals surface area contributed by atoms with Gasteiger partial charge in [0.2, 0.25) is 0 Å². The van der Waals surface area contributed by atoms with Crippen LogP contribution in [0.3, 0.4) is 0 Å². The number of thiophene rings is 1. The summed E-state index contributed by atoms with van der Waals surface area (Å²) >= 11 is 1.72. The van der Waals surface area contributed by atoms with Crippen LogP contribution in [-0.2, 0) is 6.54 Å². The van der Waals surface area contributed by atoms with E-state index in [0.29, 0.717) is 18.5 Å². The summed E-state index contributed by atoms with van der Waals surface area (Å²) in [4.78, 5) is 7.06. The number of hydrogen-bond donors (Lipinski definition) is 2. The monoisotopic (exact) mass is 548 g/mol. The van der Waals surface area contributed by atoms with Crippen molar-refractivity contribution in [3.05, 3.63) is 57.8 Å². The van der Waals surface area contributed by atoms with E-state index >= 15 is 0 Å². The number of benzene rings is 1. The number of nitrogens with zero attached hydrogens (tertiary/aromatic N) is 2. The third-order valence-corrected chi connectivity index (χ3v) is 6.00. The molecule has 3 rings (SSSR count). The van der Waals surface area contributed by atoms with Crippen molar-refractivity contribution in [1.82, 2.24) is 15.5 Å². The first-order chi connectivity index (χ1) is 14.0. The van der Waals surface area contributed by atoms with Crippen LogP contribution in [0.25, 0.3) is 0 Å². The van der Waals surface area contributed by atoms with E-state index in [0.717, 1.165) is 50.5 Å². The fourth-order valence-corrected chi connectivity index (χ4v) is 4.32. The van der Waals surface area contributed by atoms with Gasteiger partial charge in [-0.25, -0.2) is 8.78 Å². The minimum absolute atomic E-state index is 0. The first-order valence-corrected chi connectivity index (χ1v) is 11.2. The van der Waals surface area contributed by atoms with E-state index in [9.17, 15) is 8.78 Å². The molecule has 30 heavy (non-hydrogen) atoms. The van der Waals surface area contributed by atoms with Gasteiger partial charge in [-0.15, -0.1) is 24.0 Å². The Hall–Kier alpha value is -1.26. The Morgan fingerprint density at radius 1 is 1.23 bits per heavy atom. The van der Waals surface area contributed by atoms with Gasteiger partial charge in [0, 0.05) is 44.7 Å². The molecule has 0 radical (unpaired) electrons. The molecule has 0 spiro atoms. The highest BCUT2D eigenvalue weighted by Crippen LogP contribution is 2.19. The molecule has 0 bridgehead atoms. The van der Waals surface area contributed by atoms with Gasteiger partial charge in [-0.2, -0.15) is 11.3 Å². The smallest absolute Gasteiger partial charge is 0.191 e. The molecule has 2 aromatic rings.